The molecule has 0 bridgehead atoms. The number of hydrogen-bond acceptors (Lipinski definition) is 3. The minimum absolute atomic E-state index is 0.116. The number of carbonyl (C=O) groups is 1. The summed E-state index contributed by atoms with van der Waals surface area (Å²) < 4.78 is 19.0. The maximum atomic E-state index is 13.5. The summed E-state index contributed by atoms with van der Waals surface area (Å²) in [6, 6.07) is 10.0. The Kier molecular flexibility index (Phi) is 5.71. The summed E-state index contributed by atoms with van der Waals surface area (Å²) in [5.41, 5.74) is 4.28. The second kappa shape index (κ2) is 7.74. The van der Waals surface area contributed by atoms with Gasteiger partial charge in [0.05, 0.1) is 11.2 Å². The van der Waals surface area contributed by atoms with Crippen molar-refractivity contribution >= 4 is 23.7 Å². The van der Waals surface area contributed by atoms with E-state index in [2.05, 4.69) is 10.5 Å². The Morgan fingerprint density at radius 2 is 1.91 bits per heavy atom. The number of ether oxygens (including phenoxy) is 1. The van der Waals surface area contributed by atoms with Crippen molar-refractivity contribution in [1.29, 1.82) is 0 Å². The van der Waals surface area contributed by atoms with Gasteiger partial charge < -0.3 is 4.74 Å². The Balaban J connectivity index is 1.92. The van der Waals surface area contributed by atoms with Crippen molar-refractivity contribution in [1.82, 2.24) is 5.43 Å². The molecule has 0 fully saturated rings. The Morgan fingerprint density at radius 1 is 1.26 bits per heavy atom. The number of halogens is 2. The highest BCUT2D eigenvalue weighted by molar-refractivity contribution is 6.33. The van der Waals surface area contributed by atoms with Gasteiger partial charge in [-0.3, -0.25) is 4.79 Å². The fourth-order valence-corrected chi connectivity index (χ4v) is 2.21. The number of para-hydroxylation sites is 1. The highest BCUT2D eigenvalue weighted by Gasteiger charge is 2.07. The number of benzene rings is 2. The van der Waals surface area contributed by atoms with Gasteiger partial charge in [-0.05, 0) is 37.1 Å². The number of carbonyl (C=O) groups excluding carboxylic acids is 1. The molecule has 0 aliphatic heterocycles. The molecule has 0 aliphatic carbocycles. The number of nitrogens with one attached hydrogen (secondary N) is 1. The lowest BCUT2D eigenvalue weighted by molar-refractivity contribution is -0.123. The summed E-state index contributed by atoms with van der Waals surface area (Å²) >= 11 is 5.85. The zero-order valence-corrected chi connectivity index (χ0v) is 13.5. The van der Waals surface area contributed by atoms with Crippen LogP contribution >= 0.6 is 11.6 Å². The molecule has 0 saturated heterocycles. The first-order chi connectivity index (χ1) is 11.0. The van der Waals surface area contributed by atoms with Crippen molar-refractivity contribution in [2.75, 3.05) is 6.61 Å². The van der Waals surface area contributed by atoms with Crippen molar-refractivity contribution in [3.63, 3.8) is 0 Å². The molecule has 6 heteroatoms. The van der Waals surface area contributed by atoms with Crippen LogP contribution in [0.5, 0.6) is 5.75 Å². The molecule has 4 nitrogen and oxygen atoms in total. The van der Waals surface area contributed by atoms with Crippen LogP contribution in [0.25, 0.3) is 0 Å². The molecule has 2 rings (SSSR count). The molecule has 0 saturated carbocycles. The average molecular weight is 335 g/mol. The quantitative estimate of drug-likeness (QED) is 0.670. The first kappa shape index (κ1) is 17.0. The van der Waals surface area contributed by atoms with Crippen LogP contribution in [0, 0.1) is 19.7 Å². The summed E-state index contributed by atoms with van der Waals surface area (Å²) in [5.74, 6) is -0.289. The van der Waals surface area contributed by atoms with Crippen molar-refractivity contribution in [2.24, 2.45) is 5.10 Å². The van der Waals surface area contributed by atoms with E-state index in [1.54, 1.807) is 0 Å². The molecule has 2 aromatic carbocycles. The maximum Gasteiger partial charge on any atom is 0.277 e. The largest absolute Gasteiger partial charge is 0.483 e. The molecule has 120 valence electrons. The summed E-state index contributed by atoms with van der Waals surface area (Å²) in [7, 11) is 0. The SMILES string of the molecule is Cc1cccc(C)c1OCC(=O)N/N=C/c1c(F)cccc1Cl. The molecule has 1 amide bonds. The number of nitrogens with zero attached hydrogens (tertiary/aromatic N) is 1. The van der Waals surface area contributed by atoms with Gasteiger partial charge in [0.15, 0.2) is 6.61 Å². The Hall–Kier alpha value is -2.40. The van der Waals surface area contributed by atoms with Crippen LogP contribution in [0.15, 0.2) is 41.5 Å². The molecule has 0 unspecified atom stereocenters. The van der Waals surface area contributed by atoms with Gasteiger partial charge in [0, 0.05) is 5.56 Å². The number of hydrogen-bond donors (Lipinski definition) is 1. The molecule has 0 aromatic heterocycles. The van der Waals surface area contributed by atoms with Crippen LogP contribution in [-0.2, 0) is 4.79 Å². The van der Waals surface area contributed by atoms with Crippen molar-refractivity contribution in [3.05, 3.63) is 63.9 Å². The third kappa shape index (κ3) is 4.53. The summed E-state index contributed by atoms with van der Waals surface area (Å²) in [6.45, 7) is 3.62. The van der Waals surface area contributed by atoms with Crippen molar-refractivity contribution in [2.45, 2.75) is 13.8 Å². The van der Waals surface area contributed by atoms with Gasteiger partial charge in [0.2, 0.25) is 0 Å². The van der Waals surface area contributed by atoms with E-state index in [0.717, 1.165) is 17.3 Å². The van der Waals surface area contributed by atoms with Crippen LogP contribution in [0.1, 0.15) is 16.7 Å². The fourth-order valence-electron chi connectivity index (χ4n) is 2.00. The third-order valence-corrected chi connectivity index (χ3v) is 3.47. The standard InChI is InChI=1S/C17H16ClFN2O2/c1-11-5-3-6-12(2)17(11)23-10-16(22)21-20-9-13-14(18)7-4-8-15(13)19/h3-9H,10H2,1-2H3,(H,21,22)/b20-9+. The lowest BCUT2D eigenvalue weighted by atomic mass is 10.1. The van der Waals surface area contributed by atoms with Crippen LogP contribution in [0.2, 0.25) is 5.02 Å². The minimum atomic E-state index is -0.512. The van der Waals surface area contributed by atoms with Crippen LogP contribution < -0.4 is 10.2 Å². The highest BCUT2D eigenvalue weighted by atomic mass is 35.5. The Labute approximate surface area is 138 Å². The van der Waals surface area contributed by atoms with Crippen LogP contribution in [0.3, 0.4) is 0 Å². The fraction of sp³-hybridized carbons (Fsp3) is 0.176. The average Bonchev–Trinajstić information content (AvgIpc) is 2.50. The van der Waals surface area contributed by atoms with Crippen molar-refractivity contribution < 1.29 is 13.9 Å². The van der Waals surface area contributed by atoms with Gasteiger partial charge in [-0.15, -0.1) is 0 Å². The van der Waals surface area contributed by atoms with Crippen LogP contribution in [0.4, 0.5) is 4.39 Å². The highest BCUT2D eigenvalue weighted by Crippen LogP contribution is 2.22. The monoisotopic (exact) mass is 334 g/mol. The predicted octanol–water partition coefficient (Wildman–Crippen LogP) is 3.63. The molecule has 0 radical (unpaired) electrons. The lowest BCUT2D eigenvalue weighted by Gasteiger charge is -2.10. The van der Waals surface area contributed by atoms with E-state index in [4.69, 9.17) is 16.3 Å². The number of amides is 1. The second-order valence-electron chi connectivity index (χ2n) is 4.94. The lowest BCUT2D eigenvalue weighted by Crippen LogP contribution is -2.25. The van der Waals surface area contributed by atoms with E-state index in [-0.39, 0.29) is 17.2 Å². The number of hydrazone groups is 1. The number of aryl methyl sites for hydroxylation is 2. The molecular formula is C17H16ClFN2O2. The van der Waals surface area contributed by atoms with E-state index < -0.39 is 11.7 Å². The van der Waals surface area contributed by atoms with Gasteiger partial charge in [-0.1, -0.05) is 35.9 Å². The minimum Gasteiger partial charge on any atom is -0.483 e. The molecule has 0 heterocycles. The zero-order chi connectivity index (χ0) is 16.8. The first-order valence-electron chi connectivity index (χ1n) is 6.94. The molecule has 23 heavy (non-hydrogen) atoms. The van der Waals surface area contributed by atoms with E-state index in [1.165, 1.54) is 18.2 Å². The molecule has 1 N–H and O–H groups in total. The van der Waals surface area contributed by atoms with Gasteiger partial charge in [0.1, 0.15) is 11.6 Å². The molecule has 0 spiro atoms. The molecular weight excluding hydrogens is 319 g/mol. The van der Waals surface area contributed by atoms with Crippen molar-refractivity contribution in [3.8, 4) is 5.75 Å². The first-order valence-corrected chi connectivity index (χ1v) is 7.31. The zero-order valence-electron chi connectivity index (χ0n) is 12.8. The Morgan fingerprint density at radius 3 is 2.57 bits per heavy atom. The van der Waals surface area contributed by atoms with Gasteiger partial charge >= 0.3 is 0 Å². The predicted molar refractivity (Wildman–Crippen MR) is 88.6 cm³/mol. The van der Waals surface area contributed by atoms with Gasteiger partial charge in [0.25, 0.3) is 5.91 Å². The maximum absolute atomic E-state index is 13.5. The van der Waals surface area contributed by atoms with E-state index in [9.17, 15) is 9.18 Å². The van der Waals surface area contributed by atoms with Crippen LogP contribution in [-0.4, -0.2) is 18.7 Å². The smallest absolute Gasteiger partial charge is 0.277 e. The normalized spacial score (nSPS) is 10.8. The summed E-state index contributed by atoms with van der Waals surface area (Å²) in [6.07, 6.45) is 1.16. The second-order valence-corrected chi connectivity index (χ2v) is 5.35. The topological polar surface area (TPSA) is 50.7 Å². The van der Waals surface area contributed by atoms with Gasteiger partial charge in [-0.25, -0.2) is 9.82 Å². The van der Waals surface area contributed by atoms with E-state index in [0.29, 0.717) is 5.75 Å². The Bertz CT molecular complexity index is 707. The summed E-state index contributed by atoms with van der Waals surface area (Å²) in [4.78, 5) is 11.7. The van der Waals surface area contributed by atoms with E-state index in [1.807, 2.05) is 32.0 Å². The third-order valence-electron chi connectivity index (χ3n) is 3.14. The molecule has 0 aliphatic rings. The summed E-state index contributed by atoms with van der Waals surface area (Å²) in [5, 5.41) is 3.91. The molecule has 2 aromatic rings. The van der Waals surface area contributed by atoms with Gasteiger partial charge in [-0.2, -0.15) is 5.10 Å². The molecule has 0 atom stereocenters. The number of rotatable bonds is 5. The van der Waals surface area contributed by atoms with E-state index >= 15 is 0 Å².